The Morgan fingerprint density at radius 2 is 1.76 bits per heavy atom. The summed E-state index contributed by atoms with van der Waals surface area (Å²) in [6.07, 6.45) is 0. The number of nitrogens with one attached hydrogen (secondary N) is 1. The van der Waals surface area contributed by atoms with E-state index >= 15 is 0 Å². The number of rotatable bonds is 6. The van der Waals surface area contributed by atoms with Gasteiger partial charge in [-0.1, -0.05) is 41.4 Å². The summed E-state index contributed by atoms with van der Waals surface area (Å²) < 4.78 is 10.0. The lowest BCUT2D eigenvalue weighted by atomic mass is 10.1. The number of ether oxygens (including phenoxy) is 2. The third-order valence-electron chi connectivity index (χ3n) is 3.38. The first kappa shape index (κ1) is 19.2. The van der Waals surface area contributed by atoms with Gasteiger partial charge < -0.3 is 14.8 Å². The molecule has 5 nitrogen and oxygen atoms in total. The molecule has 2 rings (SSSR count). The van der Waals surface area contributed by atoms with Crippen molar-refractivity contribution in [2.75, 3.05) is 19.0 Å². The third-order valence-corrected chi connectivity index (χ3v) is 4.19. The minimum Gasteiger partial charge on any atom is -0.452 e. The highest BCUT2D eigenvalue weighted by atomic mass is 35.5. The number of carbonyl (C=O) groups is 2. The average Bonchev–Trinajstić information content (AvgIpc) is 2.61. The molecule has 0 aliphatic heterocycles. The van der Waals surface area contributed by atoms with Crippen molar-refractivity contribution in [1.82, 2.24) is 0 Å². The van der Waals surface area contributed by atoms with Crippen LogP contribution in [0.15, 0.2) is 36.4 Å². The summed E-state index contributed by atoms with van der Waals surface area (Å²) in [6.45, 7) is 1.80. The van der Waals surface area contributed by atoms with Gasteiger partial charge in [0.1, 0.15) is 0 Å². The molecule has 1 amide bonds. The molecule has 0 spiro atoms. The largest absolute Gasteiger partial charge is 0.452 e. The number of hydrogen-bond donors (Lipinski definition) is 1. The molecular formula is C18H17Cl2NO4. The Morgan fingerprint density at radius 1 is 1.08 bits per heavy atom. The molecule has 0 bridgehead atoms. The van der Waals surface area contributed by atoms with E-state index in [1.807, 2.05) is 0 Å². The smallest absolute Gasteiger partial charge is 0.338 e. The van der Waals surface area contributed by atoms with Gasteiger partial charge in [-0.2, -0.15) is 0 Å². The summed E-state index contributed by atoms with van der Waals surface area (Å²) in [7, 11) is 1.59. The van der Waals surface area contributed by atoms with Gasteiger partial charge >= 0.3 is 5.97 Å². The van der Waals surface area contributed by atoms with Gasteiger partial charge in [-0.3, -0.25) is 4.79 Å². The van der Waals surface area contributed by atoms with Gasteiger partial charge in [-0.15, -0.1) is 0 Å². The number of carbonyl (C=O) groups excluding carboxylic acids is 2. The number of esters is 1. The summed E-state index contributed by atoms with van der Waals surface area (Å²) >= 11 is 12.2. The van der Waals surface area contributed by atoms with Crippen LogP contribution in [0.3, 0.4) is 0 Å². The highest BCUT2D eigenvalue weighted by Crippen LogP contribution is 2.32. The molecule has 0 saturated carbocycles. The van der Waals surface area contributed by atoms with Crippen LogP contribution in [0.5, 0.6) is 0 Å². The van der Waals surface area contributed by atoms with Crippen LogP contribution in [0, 0.1) is 6.92 Å². The monoisotopic (exact) mass is 381 g/mol. The zero-order valence-electron chi connectivity index (χ0n) is 13.8. The Kier molecular flexibility index (Phi) is 6.82. The van der Waals surface area contributed by atoms with Crippen molar-refractivity contribution in [1.29, 1.82) is 0 Å². The van der Waals surface area contributed by atoms with Crippen LogP contribution in [-0.4, -0.2) is 25.6 Å². The lowest BCUT2D eigenvalue weighted by Gasteiger charge is -2.11. The fraction of sp³-hybridized carbons (Fsp3) is 0.222. The molecule has 0 aliphatic carbocycles. The first-order chi connectivity index (χ1) is 11.9. The van der Waals surface area contributed by atoms with Gasteiger partial charge in [0.15, 0.2) is 6.61 Å². The maximum Gasteiger partial charge on any atom is 0.338 e. The van der Waals surface area contributed by atoms with Crippen molar-refractivity contribution in [2.45, 2.75) is 13.5 Å². The van der Waals surface area contributed by atoms with Crippen LogP contribution in [0.4, 0.5) is 5.69 Å². The average molecular weight is 382 g/mol. The van der Waals surface area contributed by atoms with Crippen LogP contribution >= 0.6 is 23.2 Å². The van der Waals surface area contributed by atoms with E-state index in [1.165, 1.54) is 0 Å². The second-order valence-electron chi connectivity index (χ2n) is 5.31. The van der Waals surface area contributed by atoms with E-state index in [0.29, 0.717) is 27.9 Å². The summed E-state index contributed by atoms with van der Waals surface area (Å²) in [6, 6.07) is 10.1. The van der Waals surface area contributed by atoms with Crippen molar-refractivity contribution in [3.05, 3.63) is 63.1 Å². The van der Waals surface area contributed by atoms with E-state index in [9.17, 15) is 9.59 Å². The normalized spacial score (nSPS) is 10.4. The van der Waals surface area contributed by atoms with Gasteiger partial charge in [-0.25, -0.2) is 4.79 Å². The first-order valence-electron chi connectivity index (χ1n) is 7.42. The number of hydrogen-bond acceptors (Lipinski definition) is 4. The second kappa shape index (κ2) is 8.85. The lowest BCUT2D eigenvalue weighted by Crippen LogP contribution is -2.21. The van der Waals surface area contributed by atoms with E-state index < -0.39 is 18.5 Å². The van der Waals surface area contributed by atoms with E-state index in [0.717, 1.165) is 11.1 Å². The molecule has 7 heteroatoms. The van der Waals surface area contributed by atoms with E-state index in [1.54, 1.807) is 50.4 Å². The van der Waals surface area contributed by atoms with Gasteiger partial charge in [0.25, 0.3) is 5.91 Å². The van der Waals surface area contributed by atoms with Crippen molar-refractivity contribution >= 4 is 40.8 Å². The second-order valence-corrected chi connectivity index (χ2v) is 6.09. The molecule has 1 N–H and O–H groups in total. The molecular weight excluding hydrogens is 365 g/mol. The highest BCUT2D eigenvalue weighted by Gasteiger charge is 2.14. The number of anilines is 1. The van der Waals surface area contributed by atoms with Crippen molar-refractivity contribution < 1.29 is 19.1 Å². The van der Waals surface area contributed by atoms with E-state index in [4.69, 9.17) is 32.7 Å². The molecule has 0 heterocycles. The molecule has 0 atom stereocenters. The van der Waals surface area contributed by atoms with E-state index in [-0.39, 0.29) is 0 Å². The molecule has 0 unspecified atom stereocenters. The fourth-order valence-electron chi connectivity index (χ4n) is 2.06. The minimum absolute atomic E-state index is 0.299. The standard InChI is InChI=1S/C18H17Cl2NO4/c1-11-3-8-14(19)17(16(11)20)21-15(22)10-25-18(23)13-6-4-12(5-7-13)9-24-2/h3-8H,9-10H2,1-2H3,(H,21,22). The summed E-state index contributed by atoms with van der Waals surface area (Å²) in [5.41, 5.74) is 2.35. The van der Waals surface area contributed by atoms with Gasteiger partial charge in [-0.05, 0) is 36.2 Å². The first-order valence-corrected chi connectivity index (χ1v) is 8.17. The fourth-order valence-corrected chi connectivity index (χ4v) is 2.53. The molecule has 25 heavy (non-hydrogen) atoms. The molecule has 0 radical (unpaired) electrons. The topological polar surface area (TPSA) is 64.6 Å². The third kappa shape index (κ3) is 5.19. The SMILES string of the molecule is COCc1ccc(C(=O)OCC(=O)Nc2c(Cl)ccc(C)c2Cl)cc1. The molecule has 2 aromatic carbocycles. The maximum atomic E-state index is 12.0. The molecule has 0 aliphatic rings. The molecule has 0 fully saturated rings. The predicted molar refractivity (Wildman–Crippen MR) is 97.3 cm³/mol. The van der Waals surface area contributed by atoms with Gasteiger partial charge in [0.05, 0.1) is 27.9 Å². The molecule has 2 aromatic rings. The molecule has 0 aromatic heterocycles. The quantitative estimate of drug-likeness (QED) is 0.759. The minimum atomic E-state index is -0.597. The predicted octanol–water partition coefficient (Wildman–Crippen LogP) is 4.24. The Morgan fingerprint density at radius 3 is 2.40 bits per heavy atom. The number of benzene rings is 2. The van der Waals surface area contributed by atoms with Crippen molar-refractivity contribution in [2.24, 2.45) is 0 Å². The van der Waals surface area contributed by atoms with Crippen molar-refractivity contribution in [3.63, 3.8) is 0 Å². The van der Waals surface area contributed by atoms with Crippen LogP contribution in [0.2, 0.25) is 10.0 Å². The number of methoxy groups -OCH3 is 1. The van der Waals surface area contributed by atoms with Gasteiger partial charge in [0, 0.05) is 7.11 Å². The summed E-state index contributed by atoms with van der Waals surface area (Å²) in [4.78, 5) is 24.0. The van der Waals surface area contributed by atoms with Crippen LogP contribution in [0.25, 0.3) is 0 Å². The number of aryl methyl sites for hydroxylation is 1. The Bertz CT molecular complexity index is 775. The Labute approximate surface area is 155 Å². The Hall–Kier alpha value is -2.08. The molecule has 132 valence electrons. The number of halogens is 2. The van der Waals surface area contributed by atoms with Crippen LogP contribution in [-0.2, 0) is 20.9 Å². The van der Waals surface area contributed by atoms with E-state index in [2.05, 4.69) is 5.32 Å². The summed E-state index contributed by atoms with van der Waals surface area (Å²) in [5, 5.41) is 3.21. The van der Waals surface area contributed by atoms with Crippen LogP contribution < -0.4 is 5.32 Å². The van der Waals surface area contributed by atoms with Gasteiger partial charge in [0.2, 0.25) is 0 Å². The summed E-state index contributed by atoms with van der Waals surface area (Å²) in [5.74, 6) is -1.13. The zero-order chi connectivity index (χ0) is 18.4. The Balaban J connectivity index is 1.93. The maximum absolute atomic E-state index is 12.0. The molecule has 0 saturated heterocycles. The lowest BCUT2D eigenvalue weighted by molar-refractivity contribution is -0.119. The number of amides is 1. The zero-order valence-corrected chi connectivity index (χ0v) is 15.3. The van der Waals surface area contributed by atoms with Crippen LogP contribution in [0.1, 0.15) is 21.5 Å². The highest BCUT2D eigenvalue weighted by molar-refractivity contribution is 6.40. The van der Waals surface area contributed by atoms with Crippen molar-refractivity contribution in [3.8, 4) is 0 Å².